The van der Waals surface area contributed by atoms with Crippen LogP contribution < -0.4 is 0 Å². The summed E-state index contributed by atoms with van der Waals surface area (Å²) in [6.45, 7) is 2.45. The number of ether oxygens (including phenoxy) is 1. The predicted molar refractivity (Wildman–Crippen MR) is 90.1 cm³/mol. The molecule has 0 saturated heterocycles. The van der Waals surface area contributed by atoms with E-state index in [1.807, 2.05) is 79.7 Å². The van der Waals surface area contributed by atoms with Crippen LogP contribution in [0.4, 0.5) is 0 Å². The summed E-state index contributed by atoms with van der Waals surface area (Å²) in [6, 6.07) is 25.4. The van der Waals surface area contributed by atoms with E-state index >= 15 is 0 Å². The normalized spacial score (nSPS) is 9.26. The van der Waals surface area contributed by atoms with E-state index in [0.717, 1.165) is 17.5 Å². The van der Waals surface area contributed by atoms with Gasteiger partial charge in [-0.05, 0) is 6.42 Å². The van der Waals surface area contributed by atoms with Crippen LogP contribution in [0.3, 0.4) is 0 Å². The van der Waals surface area contributed by atoms with E-state index in [0.29, 0.717) is 12.2 Å². The van der Waals surface area contributed by atoms with Crippen LogP contribution in [0.15, 0.2) is 78.9 Å². The summed E-state index contributed by atoms with van der Waals surface area (Å²) in [7, 11) is 0. The summed E-state index contributed by atoms with van der Waals surface area (Å²) in [4.78, 5) is 11.9. The molecular weight excluding hydrogens is 328 g/mol. The maximum atomic E-state index is 11.9. The van der Waals surface area contributed by atoms with Gasteiger partial charge >= 0.3 is 5.97 Å². The zero-order chi connectivity index (χ0) is 15.6. The average Bonchev–Trinajstić information content (AvgIpc) is 3.28. The van der Waals surface area contributed by atoms with Gasteiger partial charge in [-0.1, -0.05) is 30.7 Å². The van der Waals surface area contributed by atoms with E-state index in [4.69, 9.17) is 4.74 Å². The molecule has 0 heterocycles. The van der Waals surface area contributed by atoms with Crippen LogP contribution in [0, 0.1) is 0 Å². The van der Waals surface area contributed by atoms with E-state index in [-0.39, 0.29) is 23.0 Å². The molecule has 0 aromatic heterocycles. The Hall–Kier alpha value is -2.09. The molecule has 126 valence electrons. The van der Waals surface area contributed by atoms with Crippen molar-refractivity contribution in [3.63, 3.8) is 0 Å². The standard InChI is InChI=1S/C15H15O2.C5H5.Fe/c1-2-11-17-15(16)14-10-6-5-9-13(14)12-7-3-4-8-12;1-2-4-5-3-1;/h3-10H,2,11H2,1H3;1-5H;/q-1;-5;. The summed E-state index contributed by atoms with van der Waals surface area (Å²) in [5, 5.41) is 0. The molecule has 23 heavy (non-hydrogen) atoms. The summed E-state index contributed by atoms with van der Waals surface area (Å²) < 4.78 is 5.18. The van der Waals surface area contributed by atoms with Crippen LogP contribution in [0.1, 0.15) is 23.7 Å². The van der Waals surface area contributed by atoms with Gasteiger partial charge in [0.25, 0.3) is 0 Å². The average molecular weight is 348 g/mol. The number of carbonyl (C=O) groups excluding carboxylic acids is 1. The van der Waals surface area contributed by atoms with Crippen LogP contribution >= 0.6 is 0 Å². The molecule has 0 aliphatic rings. The van der Waals surface area contributed by atoms with Gasteiger partial charge in [-0.25, -0.2) is 0 Å². The zero-order valence-electron chi connectivity index (χ0n) is 13.1. The van der Waals surface area contributed by atoms with Gasteiger partial charge in [0.15, 0.2) is 0 Å². The Kier molecular flexibility index (Phi) is 8.74. The van der Waals surface area contributed by atoms with E-state index < -0.39 is 0 Å². The monoisotopic (exact) mass is 348 g/mol. The maximum Gasteiger partial charge on any atom is 0.304 e. The molecule has 0 amide bonds. The Bertz CT molecular complexity index is 638. The molecule has 0 bridgehead atoms. The van der Waals surface area contributed by atoms with Crippen molar-refractivity contribution in [2.45, 2.75) is 13.3 Å². The maximum absolute atomic E-state index is 11.9. The topological polar surface area (TPSA) is 26.3 Å². The number of hydrogen-bond acceptors (Lipinski definition) is 2. The molecule has 0 atom stereocenters. The van der Waals surface area contributed by atoms with Crippen molar-refractivity contribution in [1.82, 2.24) is 0 Å². The van der Waals surface area contributed by atoms with E-state index in [9.17, 15) is 4.79 Å². The third kappa shape index (κ3) is 5.90. The van der Waals surface area contributed by atoms with Crippen LogP contribution in [0.5, 0.6) is 0 Å². The SMILES string of the molecule is CCCOC(=O)c1ccccc1-[c-]1cccc1.[Fe].[cH-]1[cH-][cH-][cH-][cH-]1. The second-order valence-corrected chi connectivity index (χ2v) is 4.82. The molecule has 0 aliphatic heterocycles. The van der Waals surface area contributed by atoms with Gasteiger partial charge in [-0.3, -0.25) is 4.79 Å². The van der Waals surface area contributed by atoms with Gasteiger partial charge in [0.05, 0.1) is 6.61 Å². The molecule has 3 aromatic carbocycles. The number of benzene rings is 1. The fraction of sp³-hybridized carbons (Fsp3) is 0.150. The largest absolute Gasteiger partial charge is 0.748 e. The van der Waals surface area contributed by atoms with Gasteiger partial charge in [0, 0.05) is 22.6 Å². The molecular formula is C20H20FeO2-6. The predicted octanol–water partition coefficient (Wildman–Crippen LogP) is 5.04. The third-order valence-electron chi connectivity index (χ3n) is 3.11. The van der Waals surface area contributed by atoms with Crippen molar-refractivity contribution < 1.29 is 26.6 Å². The number of rotatable bonds is 4. The molecule has 0 unspecified atom stereocenters. The molecule has 3 rings (SSSR count). The van der Waals surface area contributed by atoms with Crippen molar-refractivity contribution in [3.8, 4) is 11.1 Å². The molecule has 0 saturated carbocycles. The smallest absolute Gasteiger partial charge is 0.304 e. The molecule has 3 aromatic rings. The van der Waals surface area contributed by atoms with Crippen molar-refractivity contribution in [3.05, 3.63) is 84.4 Å². The second-order valence-electron chi connectivity index (χ2n) is 4.82. The Morgan fingerprint density at radius 3 is 2.13 bits per heavy atom. The Morgan fingerprint density at radius 1 is 1.00 bits per heavy atom. The van der Waals surface area contributed by atoms with Crippen molar-refractivity contribution in [2.75, 3.05) is 6.61 Å². The number of carbonyl (C=O) groups is 1. The fourth-order valence-corrected chi connectivity index (χ4v) is 2.06. The number of hydrogen-bond donors (Lipinski definition) is 0. The van der Waals surface area contributed by atoms with E-state index in [2.05, 4.69) is 0 Å². The Balaban J connectivity index is 0.000000377. The van der Waals surface area contributed by atoms with Gasteiger partial charge in [0.1, 0.15) is 0 Å². The molecule has 2 nitrogen and oxygen atoms in total. The summed E-state index contributed by atoms with van der Waals surface area (Å²) >= 11 is 0. The first-order chi connectivity index (χ1) is 10.8. The quantitative estimate of drug-likeness (QED) is 0.375. The minimum Gasteiger partial charge on any atom is -0.748 e. The molecule has 0 aliphatic carbocycles. The minimum atomic E-state index is -0.247. The molecule has 0 N–H and O–H groups in total. The first-order valence-electron chi connectivity index (χ1n) is 7.48. The van der Waals surface area contributed by atoms with E-state index in [1.54, 1.807) is 6.07 Å². The second kappa shape index (κ2) is 10.6. The van der Waals surface area contributed by atoms with E-state index in [1.165, 1.54) is 0 Å². The van der Waals surface area contributed by atoms with Crippen LogP contribution in [0.2, 0.25) is 0 Å². The Labute approximate surface area is 148 Å². The summed E-state index contributed by atoms with van der Waals surface area (Å²) in [5.74, 6) is -0.247. The van der Waals surface area contributed by atoms with Crippen LogP contribution in [-0.2, 0) is 21.8 Å². The van der Waals surface area contributed by atoms with Gasteiger partial charge in [-0.2, -0.15) is 12.1 Å². The van der Waals surface area contributed by atoms with Crippen molar-refractivity contribution in [1.29, 1.82) is 0 Å². The van der Waals surface area contributed by atoms with Crippen molar-refractivity contribution in [2.24, 2.45) is 0 Å². The molecule has 0 spiro atoms. The van der Waals surface area contributed by atoms with Crippen LogP contribution in [-0.4, -0.2) is 12.6 Å². The first-order valence-corrected chi connectivity index (χ1v) is 7.48. The van der Waals surface area contributed by atoms with Crippen molar-refractivity contribution >= 4 is 5.97 Å². The van der Waals surface area contributed by atoms with Crippen LogP contribution in [0.25, 0.3) is 11.1 Å². The summed E-state index contributed by atoms with van der Waals surface area (Å²) in [6.07, 6.45) is 0.838. The number of esters is 1. The molecule has 0 fully saturated rings. The zero-order valence-corrected chi connectivity index (χ0v) is 14.2. The molecule has 3 heteroatoms. The third-order valence-corrected chi connectivity index (χ3v) is 3.11. The molecule has 0 radical (unpaired) electrons. The minimum absolute atomic E-state index is 0. The van der Waals surface area contributed by atoms with Gasteiger partial charge in [-0.15, -0.1) is 23.8 Å². The van der Waals surface area contributed by atoms with Gasteiger partial charge in [0.2, 0.25) is 0 Å². The van der Waals surface area contributed by atoms with Gasteiger partial charge < -0.3 is 35.1 Å². The first kappa shape index (κ1) is 19.0. The Morgan fingerprint density at radius 2 is 1.57 bits per heavy atom. The summed E-state index contributed by atoms with van der Waals surface area (Å²) in [5.41, 5.74) is 2.61. The fourth-order valence-electron chi connectivity index (χ4n) is 2.06.